The van der Waals surface area contributed by atoms with Crippen LogP contribution < -0.4 is 11.1 Å². The van der Waals surface area contributed by atoms with Crippen molar-refractivity contribution in [3.05, 3.63) is 18.1 Å². The molecule has 4 heteroatoms. The summed E-state index contributed by atoms with van der Waals surface area (Å²) in [5.41, 5.74) is 6.93. The molecule has 4 nitrogen and oxygen atoms in total. The molecule has 17 heavy (non-hydrogen) atoms. The first-order valence-corrected chi connectivity index (χ1v) is 6.35. The third kappa shape index (κ3) is 2.75. The highest BCUT2D eigenvalue weighted by Gasteiger charge is 2.40. The maximum absolute atomic E-state index is 5.89. The molecule has 1 aromatic rings. The molecular formula is C13H22N4. The van der Waals surface area contributed by atoms with Crippen molar-refractivity contribution in [1.82, 2.24) is 9.97 Å². The quantitative estimate of drug-likeness (QED) is 0.819. The van der Waals surface area contributed by atoms with Crippen molar-refractivity contribution in [2.24, 2.45) is 11.7 Å². The molecule has 0 amide bonds. The van der Waals surface area contributed by atoms with Crippen LogP contribution in [0.25, 0.3) is 0 Å². The predicted octanol–water partition coefficient (Wildman–Crippen LogP) is 2.14. The summed E-state index contributed by atoms with van der Waals surface area (Å²) < 4.78 is 0. The lowest BCUT2D eigenvalue weighted by Gasteiger charge is -2.30. The first-order chi connectivity index (χ1) is 8.05. The Morgan fingerprint density at radius 2 is 2.18 bits per heavy atom. The molecule has 1 atom stereocenters. The molecule has 1 aromatic heterocycles. The van der Waals surface area contributed by atoms with Gasteiger partial charge in [0.25, 0.3) is 0 Å². The van der Waals surface area contributed by atoms with Crippen LogP contribution in [0.3, 0.4) is 0 Å². The Kier molecular flexibility index (Phi) is 3.33. The maximum atomic E-state index is 5.89. The molecule has 1 unspecified atom stereocenters. The van der Waals surface area contributed by atoms with Crippen molar-refractivity contribution >= 4 is 5.82 Å². The number of hydrogen-bond acceptors (Lipinski definition) is 4. The molecule has 0 aliphatic heterocycles. The van der Waals surface area contributed by atoms with Crippen LogP contribution in [0.15, 0.2) is 12.4 Å². The number of nitrogens with zero attached hydrogens (tertiary/aromatic N) is 2. The molecular weight excluding hydrogens is 212 g/mol. The Labute approximate surface area is 103 Å². The minimum absolute atomic E-state index is 0.0252. The number of hydrogen-bond donors (Lipinski definition) is 2. The van der Waals surface area contributed by atoms with Gasteiger partial charge in [0.1, 0.15) is 12.1 Å². The summed E-state index contributed by atoms with van der Waals surface area (Å²) in [5.74, 6) is 2.00. The molecule has 0 bridgehead atoms. The van der Waals surface area contributed by atoms with Crippen LogP contribution in [-0.2, 0) is 0 Å². The highest BCUT2D eigenvalue weighted by atomic mass is 15.1. The molecule has 3 N–H and O–H groups in total. The molecule has 94 valence electrons. The Bertz CT molecular complexity index is 387. The van der Waals surface area contributed by atoms with Gasteiger partial charge in [-0.25, -0.2) is 9.97 Å². The summed E-state index contributed by atoms with van der Waals surface area (Å²) in [7, 11) is 0. The van der Waals surface area contributed by atoms with Crippen molar-refractivity contribution in [1.29, 1.82) is 0 Å². The molecule has 0 spiro atoms. The standard InChI is InChI=1S/C13H22N4/c1-9(2)11-6-12(16-8-15-11)17-13(3,7-14)10-4-5-10/h6,8-10H,4-5,7,14H2,1-3H3,(H,15,16,17). The first kappa shape index (κ1) is 12.3. The average Bonchev–Trinajstić information content (AvgIpc) is 3.13. The Morgan fingerprint density at radius 1 is 1.47 bits per heavy atom. The summed E-state index contributed by atoms with van der Waals surface area (Å²) in [6, 6.07) is 2.03. The number of nitrogens with two attached hydrogens (primary N) is 1. The van der Waals surface area contributed by atoms with Gasteiger partial charge in [-0.05, 0) is 31.6 Å². The van der Waals surface area contributed by atoms with E-state index in [4.69, 9.17) is 5.73 Å². The van der Waals surface area contributed by atoms with Crippen molar-refractivity contribution in [3.8, 4) is 0 Å². The molecule has 0 radical (unpaired) electrons. The largest absolute Gasteiger partial charge is 0.363 e. The van der Waals surface area contributed by atoms with Gasteiger partial charge in [0, 0.05) is 18.3 Å². The molecule has 1 saturated carbocycles. The number of nitrogens with one attached hydrogen (secondary N) is 1. The van der Waals surface area contributed by atoms with Crippen LogP contribution in [-0.4, -0.2) is 22.1 Å². The van der Waals surface area contributed by atoms with Gasteiger partial charge < -0.3 is 11.1 Å². The van der Waals surface area contributed by atoms with Crippen LogP contribution in [0.5, 0.6) is 0 Å². The van der Waals surface area contributed by atoms with Crippen molar-refractivity contribution in [2.75, 3.05) is 11.9 Å². The zero-order chi connectivity index (χ0) is 12.5. The predicted molar refractivity (Wildman–Crippen MR) is 69.9 cm³/mol. The van der Waals surface area contributed by atoms with E-state index in [2.05, 4.69) is 36.1 Å². The third-order valence-electron chi connectivity index (χ3n) is 3.60. The van der Waals surface area contributed by atoms with Crippen LogP contribution in [0, 0.1) is 5.92 Å². The Hall–Kier alpha value is -1.16. The van der Waals surface area contributed by atoms with Crippen molar-refractivity contribution < 1.29 is 0 Å². The lowest BCUT2D eigenvalue weighted by atomic mass is 9.96. The highest BCUT2D eigenvalue weighted by Crippen LogP contribution is 2.40. The molecule has 0 saturated heterocycles. The van der Waals surface area contributed by atoms with E-state index in [-0.39, 0.29) is 5.54 Å². The zero-order valence-electron chi connectivity index (χ0n) is 10.9. The Morgan fingerprint density at radius 3 is 2.71 bits per heavy atom. The molecule has 0 aromatic carbocycles. The highest BCUT2D eigenvalue weighted by molar-refractivity contribution is 5.39. The topological polar surface area (TPSA) is 63.8 Å². The minimum atomic E-state index is -0.0252. The smallest absolute Gasteiger partial charge is 0.130 e. The van der Waals surface area contributed by atoms with Gasteiger partial charge in [-0.2, -0.15) is 0 Å². The summed E-state index contributed by atoms with van der Waals surface area (Å²) >= 11 is 0. The maximum Gasteiger partial charge on any atom is 0.130 e. The van der Waals surface area contributed by atoms with Gasteiger partial charge in [-0.15, -0.1) is 0 Å². The van der Waals surface area contributed by atoms with Crippen molar-refractivity contribution in [3.63, 3.8) is 0 Å². The summed E-state index contributed by atoms with van der Waals surface area (Å²) in [5, 5.41) is 3.49. The second-order valence-electron chi connectivity index (χ2n) is 5.50. The van der Waals surface area contributed by atoms with E-state index in [1.165, 1.54) is 12.8 Å². The van der Waals surface area contributed by atoms with E-state index in [1.807, 2.05) is 6.07 Å². The Balaban J connectivity index is 2.14. The molecule has 1 fully saturated rings. The third-order valence-corrected chi connectivity index (χ3v) is 3.60. The summed E-state index contributed by atoms with van der Waals surface area (Å²) in [6.07, 6.45) is 4.16. The zero-order valence-corrected chi connectivity index (χ0v) is 10.9. The molecule has 1 aliphatic rings. The first-order valence-electron chi connectivity index (χ1n) is 6.35. The fourth-order valence-corrected chi connectivity index (χ4v) is 2.09. The van der Waals surface area contributed by atoms with Gasteiger partial charge in [-0.1, -0.05) is 13.8 Å². The average molecular weight is 234 g/mol. The van der Waals surface area contributed by atoms with E-state index in [9.17, 15) is 0 Å². The van der Waals surface area contributed by atoms with Crippen LogP contribution in [0.1, 0.15) is 45.2 Å². The van der Waals surface area contributed by atoms with Gasteiger partial charge >= 0.3 is 0 Å². The van der Waals surface area contributed by atoms with E-state index >= 15 is 0 Å². The second-order valence-corrected chi connectivity index (χ2v) is 5.50. The van der Waals surface area contributed by atoms with Crippen LogP contribution in [0.4, 0.5) is 5.82 Å². The fraction of sp³-hybridized carbons (Fsp3) is 0.692. The molecule has 1 aliphatic carbocycles. The SMILES string of the molecule is CC(C)c1cc(NC(C)(CN)C2CC2)ncn1. The number of aromatic nitrogens is 2. The van der Waals surface area contributed by atoms with Gasteiger partial charge in [-0.3, -0.25) is 0 Å². The monoisotopic (exact) mass is 234 g/mol. The normalized spacial score (nSPS) is 19.1. The molecule has 2 rings (SSSR count). The summed E-state index contributed by atoms with van der Waals surface area (Å²) in [6.45, 7) is 7.09. The van der Waals surface area contributed by atoms with E-state index < -0.39 is 0 Å². The van der Waals surface area contributed by atoms with Crippen LogP contribution in [0.2, 0.25) is 0 Å². The lowest BCUT2D eigenvalue weighted by Crippen LogP contribution is -2.44. The van der Waals surface area contributed by atoms with E-state index in [0.29, 0.717) is 18.4 Å². The van der Waals surface area contributed by atoms with Gasteiger partial charge in [0.15, 0.2) is 0 Å². The van der Waals surface area contributed by atoms with Gasteiger partial charge in [0.2, 0.25) is 0 Å². The van der Waals surface area contributed by atoms with Gasteiger partial charge in [0.05, 0.1) is 5.54 Å². The van der Waals surface area contributed by atoms with E-state index in [1.54, 1.807) is 6.33 Å². The number of anilines is 1. The second kappa shape index (κ2) is 4.61. The van der Waals surface area contributed by atoms with Crippen molar-refractivity contribution in [2.45, 2.75) is 45.1 Å². The fourth-order valence-electron chi connectivity index (χ4n) is 2.09. The molecule has 1 heterocycles. The number of rotatable bonds is 5. The minimum Gasteiger partial charge on any atom is -0.363 e. The van der Waals surface area contributed by atoms with E-state index in [0.717, 1.165) is 11.5 Å². The summed E-state index contributed by atoms with van der Waals surface area (Å²) in [4.78, 5) is 8.56. The lowest BCUT2D eigenvalue weighted by molar-refractivity contribution is 0.457. The van der Waals surface area contributed by atoms with Crippen LogP contribution >= 0.6 is 0 Å².